The minimum absolute atomic E-state index is 0.0253. The first-order chi connectivity index (χ1) is 12.2. The van der Waals surface area contributed by atoms with Gasteiger partial charge in [-0.2, -0.15) is 0 Å². The van der Waals surface area contributed by atoms with E-state index in [2.05, 4.69) is 15.3 Å². The lowest BCUT2D eigenvalue weighted by Crippen LogP contribution is -2.22. The van der Waals surface area contributed by atoms with Crippen LogP contribution >= 0.6 is 0 Å². The monoisotopic (exact) mass is 337 g/mol. The number of phenolic OH excluding ortho intramolecular Hbond substituents is 1. The Morgan fingerprint density at radius 2 is 2.16 bits per heavy atom. The first kappa shape index (κ1) is 15.5. The molecular formula is C19H19N3O3. The molecule has 6 heteroatoms. The number of phenols is 1. The average Bonchev–Trinajstić information content (AvgIpc) is 3.33. The van der Waals surface area contributed by atoms with Crippen molar-refractivity contribution < 1.29 is 14.6 Å². The van der Waals surface area contributed by atoms with Crippen LogP contribution in [0.4, 0.5) is 0 Å². The molecule has 1 aromatic heterocycles. The maximum absolute atomic E-state index is 12.4. The highest BCUT2D eigenvalue weighted by Crippen LogP contribution is 2.30. The first-order valence-corrected chi connectivity index (χ1v) is 8.34. The molecule has 6 nitrogen and oxygen atoms in total. The second-order valence-electron chi connectivity index (χ2n) is 6.41. The van der Waals surface area contributed by atoms with Crippen LogP contribution in [0, 0.1) is 5.92 Å². The van der Waals surface area contributed by atoms with Crippen molar-refractivity contribution in [2.45, 2.75) is 19.4 Å². The molecule has 0 atom stereocenters. The zero-order valence-electron chi connectivity index (χ0n) is 13.7. The van der Waals surface area contributed by atoms with Crippen LogP contribution in [0.2, 0.25) is 0 Å². The van der Waals surface area contributed by atoms with Gasteiger partial charge >= 0.3 is 0 Å². The first-order valence-electron chi connectivity index (χ1n) is 8.34. The summed E-state index contributed by atoms with van der Waals surface area (Å²) in [5.41, 5.74) is 3.17. The Balaban J connectivity index is 1.42. The number of rotatable bonds is 6. The van der Waals surface area contributed by atoms with Crippen LogP contribution in [0.25, 0.3) is 11.0 Å². The van der Waals surface area contributed by atoms with Crippen LogP contribution in [-0.2, 0) is 6.54 Å². The Kier molecular flexibility index (Phi) is 4.01. The Morgan fingerprint density at radius 3 is 3.00 bits per heavy atom. The van der Waals surface area contributed by atoms with E-state index in [9.17, 15) is 9.90 Å². The van der Waals surface area contributed by atoms with E-state index in [1.807, 2.05) is 18.2 Å². The number of carbonyl (C=O) groups excluding carboxylic acids is 1. The molecular weight excluding hydrogens is 318 g/mol. The number of nitrogens with one attached hydrogen (secondary N) is 2. The molecule has 0 radical (unpaired) electrons. The zero-order valence-corrected chi connectivity index (χ0v) is 13.7. The van der Waals surface area contributed by atoms with Gasteiger partial charge in [-0.15, -0.1) is 0 Å². The van der Waals surface area contributed by atoms with Crippen molar-refractivity contribution in [2.24, 2.45) is 5.92 Å². The highest BCUT2D eigenvalue weighted by molar-refractivity contribution is 5.95. The fourth-order valence-electron chi connectivity index (χ4n) is 2.67. The average molecular weight is 337 g/mol. The summed E-state index contributed by atoms with van der Waals surface area (Å²) in [6, 6.07) is 10.4. The highest BCUT2D eigenvalue weighted by Gasteiger charge is 2.22. The third-order valence-corrected chi connectivity index (χ3v) is 4.27. The number of hydrogen-bond donors (Lipinski definition) is 3. The number of ether oxygens (including phenoxy) is 1. The molecule has 4 rings (SSSR count). The van der Waals surface area contributed by atoms with Gasteiger partial charge in [0.2, 0.25) is 0 Å². The van der Waals surface area contributed by atoms with Crippen molar-refractivity contribution in [3.63, 3.8) is 0 Å². The van der Waals surface area contributed by atoms with E-state index in [0.717, 1.165) is 16.6 Å². The van der Waals surface area contributed by atoms with Crippen LogP contribution in [0.3, 0.4) is 0 Å². The lowest BCUT2D eigenvalue weighted by atomic mass is 10.1. The van der Waals surface area contributed by atoms with Gasteiger partial charge in [0.25, 0.3) is 5.91 Å². The van der Waals surface area contributed by atoms with E-state index in [0.29, 0.717) is 30.4 Å². The summed E-state index contributed by atoms with van der Waals surface area (Å²) >= 11 is 0. The Morgan fingerprint density at radius 1 is 1.28 bits per heavy atom. The van der Waals surface area contributed by atoms with Crippen LogP contribution in [0.1, 0.15) is 28.8 Å². The highest BCUT2D eigenvalue weighted by atomic mass is 16.5. The Labute approximate surface area is 144 Å². The minimum Gasteiger partial charge on any atom is -0.508 e. The zero-order chi connectivity index (χ0) is 17.2. The summed E-state index contributed by atoms with van der Waals surface area (Å²) < 4.78 is 5.65. The fourth-order valence-corrected chi connectivity index (χ4v) is 2.67. The Bertz CT molecular complexity index is 915. The molecule has 1 heterocycles. The summed E-state index contributed by atoms with van der Waals surface area (Å²) in [6.07, 6.45) is 4.02. The second kappa shape index (κ2) is 6.47. The number of amides is 1. The predicted molar refractivity (Wildman–Crippen MR) is 93.6 cm³/mol. The molecule has 128 valence electrons. The van der Waals surface area contributed by atoms with Crippen molar-refractivity contribution in [1.29, 1.82) is 0 Å². The number of aromatic hydroxyl groups is 1. The minimum atomic E-state index is -0.253. The van der Waals surface area contributed by atoms with E-state index in [1.165, 1.54) is 25.0 Å². The van der Waals surface area contributed by atoms with Crippen molar-refractivity contribution in [2.75, 3.05) is 6.61 Å². The summed E-state index contributed by atoms with van der Waals surface area (Å²) in [5, 5.41) is 12.7. The summed E-state index contributed by atoms with van der Waals surface area (Å²) in [7, 11) is 0. The number of imidazole rings is 1. The van der Waals surface area contributed by atoms with Crippen LogP contribution in [-0.4, -0.2) is 27.6 Å². The number of carbonyl (C=O) groups is 1. The molecule has 0 aliphatic heterocycles. The molecule has 1 amide bonds. The van der Waals surface area contributed by atoms with E-state index >= 15 is 0 Å². The molecule has 0 saturated heterocycles. The van der Waals surface area contributed by atoms with E-state index in [1.54, 1.807) is 12.4 Å². The van der Waals surface area contributed by atoms with Crippen LogP contribution < -0.4 is 10.1 Å². The van der Waals surface area contributed by atoms with Crippen molar-refractivity contribution >= 4 is 16.9 Å². The van der Waals surface area contributed by atoms with Gasteiger partial charge < -0.3 is 20.1 Å². The molecule has 25 heavy (non-hydrogen) atoms. The third kappa shape index (κ3) is 3.74. The molecule has 3 N–H and O–H groups in total. The van der Waals surface area contributed by atoms with Gasteiger partial charge in [0.15, 0.2) is 0 Å². The van der Waals surface area contributed by atoms with Gasteiger partial charge in [-0.1, -0.05) is 6.07 Å². The van der Waals surface area contributed by atoms with Gasteiger partial charge in [0.05, 0.1) is 24.0 Å². The van der Waals surface area contributed by atoms with Crippen LogP contribution in [0.5, 0.6) is 11.5 Å². The number of H-pyrrole nitrogens is 1. The number of aromatic nitrogens is 2. The molecule has 2 aromatic carbocycles. The summed E-state index contributed by atoms with van der Waals surface area (Å²) in [6.45, 7) is 1.02. The SMILES string of the molecule is O=C(NCc1ccc2nc[nH]c2c1)c1cc(O)cc(OCC2CC2)c1. The second-order valence-corrected chi connectivity index (χ2v) is 6.41. The summed E-state index contributed by atoms with van der Waals surface area (Å²) in [4.78, 5) is 19.6. The van der Waals surface area contributed by atoms with Gasteiger partial charge in [-0.05, 0) is 48.6 Å². The molecule has 0 unspecified atom stereocenters. The molecule has 3 aromatic rings. The molecule has 1 fully saturated rings. The standard InChI is InChI=1S/C19H19N3O3/c23-15-6-14(7-16(8-15)25-10-12-1-2-12)19(24)20-9-13-3-4-17-18(5-13)22-11-21-17/h3-8,11-12,23H,1-2,9-10H2,(H,20,24)(H,21,22). The largest absolute Gasteiger partial charge is 0.508 e. The summed E-state index contributed by atoms with van der Waals surface area (Å²) in [5.74, 6) is 0.905. The van der Waals surface area contributed by atoms with Crippen molar-refractivity contribution in [1.82, 2.24) is 15.3 Å². The molecule has 1 aliphatic rings. The van der Waals surface area contributed by atoms with Gasteiger partial charge in [-0.25, -0.2) is 4.98 Å². The van der Waals surface area contributed by atoms with E-state index in [-0.39, 0.29) is 11.7 Å². The maximum atomic E-state index is 12.4. The fraction of sp³-hybridized carbons (Fsp3) is 0.263. The molecule has 0 spiro atoms. The number of benzene rings is 2. The van der Waals surface area contributed by atoms with E-state index in [4.69, 9.17) is 4.74 Å². The van der Waals surface area contributed by atoms with E-state index < -0.39 is 0 Å². The van der Waals surface area contributed by atoms with Gasteiger partial charge in [0.1, 0.15) is 11.5 Å². The maximum Gasteiger partial charge on any atom is 0.251 e. The van der Waals surface area contributed by atoms with Crippen molar-refractivity contribution in [3.05, 3.63) is 53.9 Å². The Hall–Kier alpha value is -3.02. The van der Waals surface area contributed by atoms with Crippen molar-refractivity contribution in [3.8, 4) is 11.5 Å². The van der Waals surface area contributed by atoms with Gasteiger partial charge in [0, 0.05) is 18.2 Å². The lowest BCUT2D eigenvalue weighted by molar-refractivity contribution is 0.0950. The predicted octanol–water partition coefficient (Wildman–Crippen LogP) is 2.99. The normalized spacial score (nSPS) is 13.8. The number of hydrogen-bond acceptors (Lipinski definition) is 4. The topological polar surface area (TPSA) is 87.2 Å². The number of nitrogens with zero attached hydrogens (tertiary/aromatic N) is 1. The van der Waals surface area contributed by atoms with Crippen LogP contribution in [0.15, 0.2) is 42.7 Å². The molecule has 1 saturated carbocycles. The quantitative estimate of drug-likeness (QED) is 0.645. The third-order valence-electron chi connectivity index (χ3n) is 4.27. The molecule has 0 bridgehead atoms. The van der Waals surface area contributed by atoms with Gasteiger partial charge in [-0.3, -0.25) is 4.79 Å². The molecule has 1 aliphatic carbocycles. The number of aromatic amines is 1. The smallest absolute Gasteiger partial charge is 0.251 e. The number of fused-ring (bicyclic) bond motifs is 1. The lowest BCUT2D eigenvalue weighted by Gasteiger charge is -2.10.